The van der Waals surface area contributed by atoms with E-state index in [1.807, 2.05) is 6.07 Å². The summed E-state index contributed by atoms with van der Waals surface area (Å²) < 4.78 is 48.9. The van der Waals surface area contributed by atoms with Crippen LogP contribution in [-0.4, -0.2) is 24.4 Å². The maximum absolute atomic E-state index is 12.7. The Labute approximate surface area is 196 Å². The topological polar surface area (TPSA) is 67.9 Å². The second kappa shape index (κ2) is 8.60. The number of thioether (sulfide) groups is 1. The Hall–Kier alpha value is -3.66. The summed E-state index contributed by atoms with van der Waals surface area (Å²) in [5.74, 6) is 0.989. The molecule has 1 N–H and O–H groups in total. The maximum atomic E-state index is 12.7. The van der Waals surface area contributed by atoms with E-state index in [-0.39, 0.29) is 23.6 Å². The van der Waals surface area contributed by atoms with Gasteiger partial charge in [0.2, 0.25) is 12.7 Å². The highest BCUT2D eigenvalue weighted by Gasteiger charge is 2.35. The van der Waals surface area contributed by atoms with Gasteiger partial charge in [-0.1, -0.05) is 12.1 Å². The molecule has 0 spiro atoms. The summed E-state index contributed by atoms with van der Waals surface area (Å²) >= 11 is 1.48. The molecular formula is C24H17F3N2O4S. The lowest BCUT2D eigenvalue weighted by Crippen LogP contribution is -2.27. The third kappa shape index (κ3) is 4.28. The number of fused-ring (bicyclic) bond motifs is 1. The Bertz CT molecular complexity index is 1250. The van der Waals surface area contributed by atoms with Gasteiger partial charge in [-0.2, -0.15) is 13.2 Å². The second-order valence-electron chi connectivity index (χ2n) is 7.62. The fourth-order valence-electron chi connectivity index (χ4n) is 3.73. The van der Waals surface area contributed by atoms with E-state index < -0.39 is 17.6 Å². The number of nitrogens with zero attached hydrogens (tertiary/aromatic N) is 1. The van der Waals surface area contributed by atoms with E-state index in [1.54, 1.807) is 41.3 Å². The largest absolute Gasteiger partial charge is 0.454 e. The van der Waals surface area contributed by atoms with E-state index >= 15 is 0 Å². The normalized spacial score (nSPS) is 17.2. The molecule has 2 aliphatic heterocycles. The molecule has 34 heavy (non-hydrogen) atoms. The van der Waals surface area contributed by atoms with E-state index in [4.69, 9.17) is 9.47 Å². The monoisotopic (exact) mass is 486 g/mol. The Balaban J connectivity index is 1.30. The van der Waals surface area contributed by atoms with Crippen LogP contribution in [-0.2, 0) is 11.0 Å². The van der Waals surface area contributed by atoms with Crippen molar-refractivity contribution in [3.8, 4) is 11.5 Å². The molecule has 5 rings (SSSR count). The number of hydrogen-bond acceptors (Lipinski definition) is 5. The predicted molar refractivity (Wildman–Crippen MR) is 121 cm³/mol. The minimum Gasteiger partial charge on any atom is -0.454 e. The van der Waals surface area contributed by atoms with Crippen LogP contribution in [0.15, 0.2) is 66.7 Å². The molecule has 174 valence electrons. The van der Waals surface area contributed by atoms with Crippen LogP contribution in [0.25, 0.3) is 0 Å². The number of alkyl halides is 3. The molecule has 1 saturated heterocycles. The lowest BCUT2D eigenvalue weighted by molar-refractivity contribution is -0.137. The van der Waals surface area contributed by atoms with E-state index in [0.29, 0.717) is 28.6 Å². The first kappa shape index (κ1) is 22.1. The maximum Gasteiger partial charge on any atom is 0.416 e. The quantitative estimate of drug-likeness (QED) is 0.530. The van der Waals surface area contributed by atoms with Gasteiger partial charge in [0.25, 0.3) is 5.91 Å². The van der Waals surface area contributed by atoms with Crippen LogP contribution in [0.1, 0.15) is 26.9 Å². The Morgan fingerprint density at radius 1 is 0.971 bits per heavy atom. The third-order valence-corrected chi connectivity index (χ3v) is 6.64. The predicted octanol–water partition coefficient (Wildman–Crippen LogP) is 5.47. The van der Waals surface area contributed by atoms with Gasteiger partial charge in [-0.25, -0.2) is 0 Å². The molecule has 0 saturated carbocycles. The molecule has 0 aromatic heterocycles. The van der Waals surface area contributed by atoms with Crippen LogP contribution in [0.4, 0.5) is 24.5 Å². The molecule has 1 atom stereocenters. The van der Waals surface area contributed by atoms with Crippen molar-refractivity contribution < 1.29 is 32.2 Å². The Morgan fingerprint density at radius 3 is 2.38 bits per heavy atom. The second-order valence-corrected chi connectivity index (χ2v) is 8.68. The fraction of sp³-hybridized carbons (Fsp3) is 0.167. The minimum absolute atomic E-state index is 0.0338. The zero-order chi connectivity index (χ0) is 23.9. The zero-order valence-corrected chi connectivity index (χ0v) is 18.3. The summed E-state index contributed by atoms with van der Waals surface area (Å²) in [6, 6.07) is 16.4. The minimum atomic E-state index is -4.46. The van der Waals surface area contributed by atoms with Crippen LogP contribution in [0.3, 0.4) is 0 Å². The number of carbonyl (C=O) groups is 2. The van der Waals surface area contributed by atoms with Gasteiger partial charge in [0.05, 0.1) is 11.3 Å². The van der Waals surface area contributed by atoms with Gasteiger partial charge >= 0.3 is 6.18 Å². The average molecular weight is 486 g/mol. The van der Waals surface area contributed by atoms with Crippen molar-refractivity contribution in [2.24, 2.45) is 0 Å². The standard InChI is InChI=1S/C24H17F3N2O4S/c25-24(26,27)16-5-1-14(2-6-16)22(31)28-17-7-3-15(4-8-17)23-29(21(30)12-34-23)18-9-10-19-20(11-18)33-13-32-19/h1-11,23H,12-13H2,(H,28,31)/t23-/m0/s1. The molecule has 3 aromatic rings. The first-order chi connectivity index (χ1) is 16.3. The highest BCUT2D eigenvalue weighted by Crippen LogP contribution is 2.44. The third-order valence-electron chi connectivity index (χ3n) is 5.43. The number of halogens is 3. The summed E-state index contributed by atoms with van der Waals surface area (Å²) in [5, 5.41) is 2.42. The summed E-state index contributed by atoms with van der Waals surface area (Å²) in [6.07, 6.45) is -4.46. The molecule has 3 aromatic carbocycles. The van der Waals surface area contributed by atoms with Crippen LogP contribution in [0.5, 0.6) is 11.5 Å². The van der Waals surface area contributed by atoms with Gasteiger partial charge in [-0.05, 0) is 54.1 Å². The zero-order valence-electron chi connectivity index (χ0n) is 17.5. The van der Waals surface area contributed by atoms with Crippen molar-refractivity contribution in [1.29, 1.82) is 0 Å². The average Bonchev–Trinajstić information content (AvgIpc) is 3.45. The molecule has 2 amide bonds. The van der Waals surface area contributed by atoms with E-state index in [9.17, 15) is 22.8 Å². The van der Waals surface area contributed by atoms with Crippen LogP contribution < -0.4 is 19.7 Å². The van der Waals surface area contributed by atoms with Crippen molar-refractivity contribution in [2.75, 3.05) is 22.8 Å². The highest BCUT2D eigenvalue weighted by molar-refractivity contribution is 8.00. The molecule has 0 bridgehead atoms. The van der Waals surface area contributed by atoms with Crippen LogP contribution in [0.2, 0.25) is 0 Å². The van der Waals surface area contributed by atoms with Gasteiger partial charge in [-0.3, -0.25) is 14.5 Å². The number of nitrogens with one attached hydrogen (secondary N) is 1. The number of benzene rings is 3. The first-order valence-corrected chi connectivity index (χ1v) is 11.3. The van der Waals surface area contributed by atoms with Gasteiger partial charge in [-0.15, -0.1) is 11.8 Å². The first-order valence-electron chi connectivity index (χ1n) is 10.2. The Morgan fingerprint density at radius 2 is 1.68 bits per heavy atom. The number of rotatable bonds is 4. The van der Waals surface area contributed by atoms with Gasteiger partial charge < -0.3 is 14.8 Å². The number of ether oxygens (including phenoxy) is 2. The molecule has 2 heterocycles. The van der Waals surface area contributed by atoms with Gasteiger partial charge in [0, 0.05) is 23.0 Å². The summed E-state index contributed by atoms with van der Waals surface area (Å²) in [6.45, 7) is 0.143. The SMILES string of the molecule is O=C(Nc1ccc([C@@H]2SCC(=O)N2c2ccc3c(c2)OCO3)cc1)c1ccc(C(F)(F)F)cc1. The van der Waals surface area contributed by atoms with E-state index in [2.05, 4.69) is 5.32 Å². The summed E-state index contributed by atoms with van der Waals surface area (Å²) in [5.41, 5.74) is 1.34. The molecular weight excluding hydrogens is 469 g/mol. The van der Waals surface area contributed by atoms with E-state index in [1.165, 1.54) is 11.8 Å². The van der Waals surface area contributed by atoms with Crippen molar-refractivity contribution >= 4 is 35.0 Å². The molecule has 0 radical (unpaired) electrons. The summed E-state index contributed by atoms with van der Waals surface area (Å²) in [4.78, 5) is 26.7. The molecule has 2 aliphatic rings. The van der Waals surface area contributed by atoms with Crippen LogP contribution in [0, 0.1) is 0 Å². The fourth-order valence-corrected chi connectivity index (χ4v) is 4.91. The van der Waals surface area contributed by atoms with Crippen molar-refractivity contribution in [3.05, 3.63) is 83.4 Å². The summed E-state index contributed by atoms with van der Waals surface area (Å²) in [7, 11) is 0. The number of amides is 2. The smallest absolute Gasteiger partial charge is 0.416 e. The van der Waals surface area contributed by atoms with Crippen molar-refractivity contribution in [1.82, 2.24) is 0 Å². The van der Waals surface area contributed by atoms with Gasteiger partial charge in [0.15, 0.2) is 11.5 Å². The highest BCUT2D eigenvalue weighted by atomic mass is 32.2. The van der Waals surface area contributed by atoms with E-state index in [0.717, 1.165) is 29.8 Å². The van der Waals surface area contributed by atoms with Crippen molar-refractivity contribution in [2.45, 2.75) is 11.6 Å². The van der Waals surface area contributed by atoms with Gasteiger partial charge in [0.1, 0.15) is 5.37 Å². The number of carbonyl (C=O) groups excluding carboxylic acids is 2. The molecule has 10 heteroatoms. The molecule has 6 nitrogen and oxygen atoms in total. The Kier molecular flexibility index (Phi) is 5.60. The number of hydrogen-bond donors (Lipinski definition) is 1. The molecule has 0 aliphatic carbocycles. The van der Waals surface area contributed by atoms with Crippen molar-refractivity contribution in [3.63, 3.8) is 0 Å². The molecule has 1 fully saturated rings. The number of anilines is 2. The lowest BCUT2D eigenvalue weighted by atomic mass is 10.1. The molecule has 0 unspecified atom stereocenters. The van der Waals surface area contributed by atoms with Crippen LogP contribution >= 0.6 is 11.8 Å². The lowest BCUT2D eigenvalue weighted by Gasteiger charge is -2.24.